The molecule has 1 aliphatic rings. The summed E-state index contributed by atoms with van der Waals surface area (Å²) in [5.41, 5.74) is -0.560. The van der Waals surface area contributed by atoms with Crippen LogP contribution in [-0.2, 0) is 19.6 Å². The van der Waals surface area contributed by atoms with Gasteiger partial charge in [0.1, 0.15) is 4.75 Å². The highest BCUT2D eigenvalue weighted by Crippen LogP contribution is 2.42. The molecule has 0 radical (unpaired) electrons. The van der Waals surface area contributed by atoms with Gasteiger partial charge in [-0.25, -0.2) is 13.1 Å². The standard InChI is InChI=1S/C14H25N3O4S/c1-6-12(19)17(5)9-11(18)15-10-14(7-8-14)22(20,21)16-13(2,3)4/h6,16H,1,7-10H2,2-5H3,(H,15,18). The van der Waals surface area contributed by atoms with Crippen LogP contribution in [-0.4, -0.2) is 55.6 Å². The van der Waals surface area contributed by atoms with Crippen molar-refractivity contribution in [3.05, 3.63) is 12.7 Å². The Morgan fingerprint density at radius 1 is 1.32 bits per heavy atom. The second-order valence-corrected chi connectivity index (χ2v) is 8.79. The van der Waals surface area contributed by atoms with Gasteiger partial charge in [0.2, 0.25) is 21.8 Å². The summed E-state index contributed by atoms with van der Waals surface area (Å²) in [6.07, 6.45) is 2.15. The fourth-order valence-corrected chi connectivity index (χ4v) is 3.88. The minimum Gasteiger partial charge on any atom is -0.353 e. The molecule has 7 nitrogen and oxygen atoms in total. The summed E-state index contributed by atoms with van der Waals surface area (Å²) in [4.78, 5) is 24.3. The van der Waals surface area contributed by atoms with Crippen molar-refractivity contribution in [2.24, 2.45) is 0 Å². The molecular formula is C14H25N3O4S. The molecule has 2 amide bonds. The SMILES string of the molecule is C=CC(=O)N(C)CC(=O)NCC1(S(=O)(=O)NC(C)(C)C)CC1. The molecule has 0 heterocycles. The number of carbonyl (C=O) groups excluding carboxylic acids is 2. The lowest BCUT2D eigenvalue weighted by Gasteiger charge is -2.25. The molecule has 8 heteroatoms. The van der Waals surface area contributed by atoms with Crippen molar-refractivity contribution in [3.63, 3.8) is 0 Å². The fraction of sp³-hybridized carbons (Fsp3) is 0.714. The summed E-state index contributed by atoms with van der Waals surface area (Å²) in [5, 5.41) is 2.60. The molecule has 1 saturated carbocycles. The van der Waals surface area contributed by atoms with E-state index in [9.17, 15) is 18.0 Å². The van der Waals surface area contributed by atoms with E-state index in [0.29, 0.717) is 12.8 Å². The number of rotatable bonds is 7. The third-order valence-electron chi connectivity index (χ3n) is 3.36. The van der Waals surface area contributed by atoms with E-state index in [4.69, 9.17) is 0 Å². The maximum Gasteiger partial charge on any atom is 0.246 e. The molecule has 2 N–H and O–H groups in total. The Morgan fingerprint density at radius 2 is 1.86 bits per heavy atom. The third kappa shape index (κ3) is 4.81. The summed E-state index contributed by atoms with van der Waals surface area (Å²) in [6, 6.07) is 0. The number of hydrogen-bond acceptors (Lipinski definition) is 4. The zero-order valence-electron chi connectivity index (χ0n) is 13.6. The quantitative estimate of drug-likeness (QED) is 0.642. The van der Waals surface area contributed by atoms with E-state index in [0.717, 1.165) is 6.08 Å². The van der Waals surface area contributed by atoms with Gasteiger partial charge < -0.3 is 10.2 Å². The Kier molecular flexibility index (Phi) is 5.40. The second-order valence-electron chi connectivity index (χ2n) is 6.71. The van der Waals surface area contributed by atoms with Crippen LogP contribution in [0.5, 0.6) is 0 Å². The normalized spacial score (nSPS) is 16.7. The topological polar surface area (TPSA) is 95.6 Å². The molecular weight excluding hydrogens is 306 g/mol. The van der Waals surface area contributed by atoms with Crippen LogP contribution in [0.3, 0.4) is 0 Å². The van der Waals surface area contributed by atoms with Gasteiger partial charge in [-0.15, -0.1) is 0 Å². The predicted octanol–water partition coefficient (Wildman–Crippen LogP) is -0.00250. The molecule has 0 saturated heterocycles. The van der Waals surface area contributed by atoms with Crippen LogP contribution in [0.15, 0.2) is 12.7 Å². The summed E-state index contributed by atoms with van der Waals surface area (Å²) < 4.78 is 26.5. The maximum atomic E-state index is 12.4. The van der Waals surface area contributed by atoms with E-state index in [-0.39, 0.29) is 19.0 Å². The monoisotopic (exact) mass is 331 g/mol. The van der Waals surface area contributed by atoms with E-state index >= 15 is 0 Å². The molecule has 0 aromatic carbocycles. The molecule has 1 fully saturated rings. The lowest BCUT2D eigenvalue weighted by Crippen LogP contribution is -2.51. The Hall–Kier alpha value is -1.41. The van der Waals surface area contributed by atoms with Crippen LogP contribution in [0.1, 0.15) is 33.6 Å². The van der Waals surface area contributed by atoms with Crippen LogP contribution in [0.2, 0.25) is 0 Å². The minimum absolute atomic E-state index is 0.0490. The van der Waals surface area contributed by atoms with Crippen molar-refractivity contribution >= 4 is 21.8 Å². The predicted molar refractivity (Wildman–Crippen MR) is 84.6 cm³/mol. The molecule has 0 aromatic rings. The molecule has 0 spiro atoms. The Labute approximate surface area is 132 Å². The van der Waals surface area contributed by atoms with Crippen molar-refractivity contribution in [1.82, 2.24) is 14.9 Å². The number of nitrogens with one attached hydrogen (secondary N) is 2. The molecule has 1 rings (SSSR count). The maximum absolute atomic E-state index is 12.4. The number of amides is 2. The second kappa shape index (κ2) is 6.37. The first-order valence-corrected chi connectivity index (χ1v) is 8.58. The molecule has 0 bridgehead atoms. The summed E-state index contributed by atoms with van der Waals surface area (Å²) in [5.74, 6) is -0.756. The van der Waals surface area contributed by atoms with Gasteiger partial charge in [0, 0.05) is 19.1 Å². The number of likely N-dealkylation sites (N-methyl/N-ethyl adjacent to an activating group) is 1. The first-order chi connectivity index (χ1) is 9.92. The van der Waals surface area contributed by atoms with E-state index in [1.165, 1.54) is 11.9 Å². The van der Waals surface area contributed by atoms with Crippen molar-refractivity contribution < 1.29 is 18.0 Å². The summed E-state index contributed by atoms with van der Waals surface area (Å²) >= 11 is 0. The van der Waals surface area contributed by atoms with Gasteiger partial charge in [0.25, 0.3) is 0 Å². The summed E-state index contributed by atoms with van der Waals surface area (Å²) in [7, 11) is -2.03. The number of nitrogens with zero attached hydrogens (tertiary/aromatic N) is 1. The first kappa shape index (κ1) is 18.6. The average molecular weight is 331 g/mol. The van der Waals surface area contributed by atoms with Crippen molar-refractivity contribution in [1.29, 1.82) is 0 Å². The smallest absolute Gasteiger partial charge is 0.246 e. The third-order valence-corrected chi connectivity index (χ3v) is 5.93. The molecule has 22 heavy (non-hydrogen) atoms. The van der Waals surface area contributed by atoms with Crippen LogP contribution in [0.4, 0.5) is 0 Å². The van der Waals surface area contributed by atoms with Gasteiger partial charge in [-0.3, -0.25) is 9.59 Å². The molecule has 0 atom stereocenters. The Balaban J connectivity index is 2.59. The van der Waals surface area contributed by atoms with Gasteiger partial charge in [0.15, 0.2) is 0 Å². The van der Waals surface area contributed by atoms with E-state index in [1.807, 2.05) is 0 Å². The van der Waals surface area contributed by atoms with Crippen LogP contribution >= 0.6 is 0 Å². The lowest BCUT2D eigenvalue weighted by atomic mass is 10.1. The fourth-order valence-electron chi connectivity index (χ4n) is 1.96. The zero-order chi connectivity index (χ0) is 17.2. The van der Waals surface area contributed by atoms with E-state index in [1.54, 1.807) is 20.8 Å². The van der Waals surface area contributed by atoms with Crippen LogP contribution < -0.4 is 10.0 Å². The van der Waals surface area contributed by atoms with Crippen molar-refractivity contribution in [2.45, 2.75) is 43.9 Å². The number of hydrogen-bond donors (Lipinski definition) is 2. The van der Waals surface area contributed by atoms with Gasteiger partial charge in [-0.05, 0) is 39.7 Å². The zero-order valence-corrected chi connectivity index (χ0v) is 14.4. The van der Waals surface area contributed by atoms with Gasteiger partial charge in [-0.2, -0.15) is 0 Å². The average Bonchev–Trinajstić information content (AvgIpc) is 3.14. The molecule has 126 valence electrons. The Bertz CT molecular complexity index is 559. The highest BCUT2D eigenvalue weighted by atomic mass is 32.2. The number of sulfonamides is 1. The minimum atomic E-state index is -3.51. The van der Waals surface area contributed by atoms with E-state index in [2.05, 4.69) is 16.6 Å². The Morgan fingerprint density at radius 3 is 2.27 bits per heavy atom. The highest BCUT2D eigenvalue weighted by molar-refractivity contribution is 7.91. The van der Waals surface area contributed by atoms with E-state index < -0.39 is 26.2 Å². The van der Waals surface area contributed by atoms with Crippen LogP contribution in [0.25, 0.3) is 0 Å². The van der Waals surface area contributed by atoms with Gasteiger partial charge >= 0.3 is 0 Å². The van der Waals surface area contributed by atoms with Gasteiger partial charge in [-0.1, -0.05) is 6.58 Å². The number of carbonyl (C=O) groups is 2. The van der Waals surface area contributed by atoms with Gasteiger partial charge in [0.05, 0.1) is 6.54 Å². The molecule has 0 aliphatic heterocycles. The molecule has 1 aliphatic carbocycles. The lowest BCUT2D eigenvalue weighted by molar-refractivity contribution is -0.131. The molecule has 0 unspecified atom stereocenters. The van der Waals surface area contributed by atoms with Crippen molar-refractivity contribution in [3.8, 4) is 0 Å². The van der Waals surface area contributed by atoms with Crippen molar-refractivity contribution in [2.75, 3.05) is 20.1 Å². The summed E-state index contributed by atoms with van der Waals surface area (Å²) in [6.45, 7) is 8.58. The largest absolute Gasteiger partial charge is 0.353 e. The highest BCUT2D eigenvalue weighted by Gasteiger charge is 2.55. The molecule has 0 aromatic heterocycles. The first-order valence-electron chi connectivity index (χ1n) is 7.10. The van der Waals surface area contributed by atoms with Crippen LogP contribution in [0, 0.1) is 0 Å².